The van der Waals surface area contributed by atoms with E-state index in [2.05, 4.69) is 48.7 Å². The molecule has 166 valence electrons. The molecule has 1 aromatic rings. The minimum Gasteiger partial charge on any atom is -0.453 e. The molecule has 2 fully saturated rings. The standard InChI is InChI=1S/C23H36N4O3/c1-4-24-22(26-20-11-13-27(14-12-20)23(28)29-3)25-16-19-6-5-15-30-21(19)18-9-7-17(2)8-10-18/h7-10,19-21H,4-6,11-16H2,1-3H3,(H2,24,25,26). The van der Waals surface area contributed by atoms with Crippen molar-refractivity contribution >= 4 is 12.1 Å². The summed E-state index contributed by atoms with van der Waals surface area (Å²) in [5, 5.41) is 6.92. The number of methoxy groups -OCH3 is 1. The van der Waals surface area contributed by atoms with Crippen LogP contribution in [0.3, 0.4) is 0 Å². The van der Waals surface area contributed by atoms with Crippen LogP contribution in [0.15, 0.2) is 29.3 Å². The van der Waals surface area contributed by atoms with Crippen molar-refractivity contribution in [2.24, 2.45) is 10.9 Å². The summed E-state index contributed by atoms with van der Waals surface area (Å²) in [4.78, 5) is 18.3. The highest BCUT2D eigenvalue weighted by atomic mass is 16.5. The van der Waals surface area contributed by atoms with Crippen LogP contribution in [-0.2, 0) is 9.47 Å². The molecule has 2 saturated heterocycles. The number of nitrogens with zero attached hydrogens (tertiary/aromatic N) is 2. The lowest BCUT2D eigenvalue weighted by Gasteiger charge is -2.33. The number of amides is 1. The van der Waals surface area contributed by atoms with Gasteiger partial charge in [-0.15, -0.1) is 0 Å². The van der Waals surface area contributed by atoms with Gasteiger partial charge in [0.2, 0.25) is 0 Å². The number of guanidine groups is 1. The number of carbonyl (C=O) groups is 1. The van der Waals surface area contributed by atoms with Gasteiger partial charge in [0.25, 0.3) is 0 Å². The summed E-state index contributed by atoms with van der Waals surface area (Å²) >= 11 is 0. The number of nitrogens with one attached hydrogen (secondary N) is 2. The number of hydrogen-bond acceptors (Lipinski definition) is 4. The number of carbonyl (C=O) groups excluding carboxylic acids is 1. The van der Waals surface area contributed by atoms with E-state index in [1.54, 1.807) is 4.90 Å². The van der Waals surface area contributed by atoms with Crippen molar-refractivity contribution in [3.63, 3.8) is 0 Å². The molecule has 2 heterocycles. The lowest BCUT2D eigenvalue weighted by Crippen LogP contribution is -2.50. The molecule has 1 aromatic carbocycles. The van der Waals surface area contributed by atoms with E-state index in [0.29, 0.717) is 25.0 Å². The van der Waals surface area contributed by atoms with Crippen LogP contribution < -0.4 is 10.6 Å². The molecule has 0 bridgehead atoms. The Bertz CT molecular complexity index is 699. The van der Waals surface area contributed by atoms with Gasteiger partial charge < -0.3 is 25.0 Å². The van der Waals surface area contributed by atoms with E-state index in [4.69, 9.17) is 14.5 Å². The van der Waals surface area contributed by atoms with Crippen LogP contribution >= 0.6 is 0 Å². The Hall–Kier alpha value is -2.28. The van der Waals surface area contributed by atoms with Crippen LogP contribution in [-0.4, -0.2) is 62.9 Å². The predicted molar refractivity (Wildman–Crippen MR) is 119 cm³/mol. The monoisotopic (exact) mass is 416 g/mol. The second kappa shape index (κ2) is 11.2. The average Bonchev–Trinajstić information content (AvgIpc) is 2.78. The van der Waals surface area contributed by atoms with Crippen LogP contribution in [0.25, 0.3) is 0 Å². The molecule has 30 heavy (non-hydrogen) atoms. The van der Waals surface area contributed by atoms with E-state index >= 15 is 0 Å². The zero-order valence-electron chi connectivity index (χ0n) is 18.5. The highest BCUT2D eigenvalue weighted by Gasteiger charge is 2.28. The molecule has 0 aromatic heterocycles. The second-order valence-electron chi connectivity index (χ2n) is 8.20. The zero-order chi connectivity index (χ0) is 21.3. The fourth-order valence-corrected chi connectivity index (χ4v) is 4.21. The van der Waals surface area contributed by atoms with Gasteiger partial charge in [-0.05, 0) is 45.1 Å². The normalized spacial score (nSPS) is 23.2. The van der Waals surface area contributed by atoms with Gasteiger partial charge >= 0.3 is 6.09 Å². The van der Waals surface area contributed by atoms with E-state index in [9.17, 15) is 4.79 Å². The first kappa shape index (κ1) is 22.4. The minimum absolute atomic E-state index is 0.106. The molecule has 0 saturated carbocycles. The smallest absolute Gasteiger partial charge is 0.409 e. The third-order valence-corrected chi connectivity index (χ3v) is 5.95. The van der Waals surface area contributed by atoms with E-state index in [1.165, 1.54) is 18.2 Å². The molecule has 0 spiro atoms. The number of ether oxygens (including phenoxy) is 2. The molecule has 7 heteroatoms. The van der Waals surface area contributed by atoms with E-state index in [1.807, 2.05) is 0 Å². The van der Waals surface area contributed by atoms with Crippen molar-refractivity contribution < 1.29 is 14.3 Å². The van der Waals surface area contributed by atoms with Crippen LogP contribution in [0.1, 0.15) is 49.8 Å². The molecule has 1 amide bonds. The maximum atomic E-state index is 11.7. The van der Waals surface area contributed by atoms with E-state index in [0.717, 1.165) is 51.3 Å². The Morgan fingerprint density at radius 3 is 2.63 bits per heavy atom. The number of aliphatic imine (C=N–C) groups is 1. The zero-order valence-corrected chi connectivity index (χ0v) is 18.5. The van der Waals surface area contributed by atoms with Crippen LogP contribution in [0.4, 0.5) is 4.79 Å². The Balaban J connectivity index is 1.59. The maximum Gasteiger partial charge on any atom is 0.409 e. The van der Waals surface area contributed by atoms with Crippen LogP contribution in [0, 0.1) is 12.8 Å². The summed E-state index contributed by atoms with van der Waals surface area (Å²) in [7, 11) is 1.43. The molecular formula is C23H36N4O3. The summed E-state index contributed by atoms with van der Waals surface area (Å²) in [5.41, 5.74) is 2.51. The molecule has 0 radical (unpaired) electrons. The fourth-order valence-electron chi connectivity index (χ4n) is 4.21. The summed E-state index contributed by atoms with van der Waals surface area (Å²) in [6.07, 6.45) is 3.84. The fraction of sp³-hybridized carbons (Fsp3) is 0.652. The van der Waals surface area contributed by atoms with Gasteiger partial charge in [0, 0.05) is 44.7 Å². The van der Waals surface area contributed by atoms with E-state index in [-0.39, 0.29) is 12.2 Å². The molecule has 2 unspecified atom stereocenters. The number of aryl methyl sites for hydroxylation is 1. The largest absolute Gasteiger partial charge is 0.453 e. The Labute approximate surface area is 180 Å². The molecule has 2 atom stereocenters. The predicted octanol–water partition coefficient (Wildman–Crippen LogP) is 3.25. The summed E-state index contributed by atoms with van der Waals surface area (Å²) < 4.78 is 11.0. The maximum absolute atomic E-state index is 11.7. The first-order valence-corrected chi connectivity index (χ1v) is 11.2. The summed E-state index contributed by atoms with van der Waals surface area (Å²) in [5.74, 6) is 1.22. The van der Waals surface area contributed by atoms with Crippen molar-refractivity contribution in [2.75, 3.05) is 39.9 Å². The molecule has 2 aliphatic rings. The topological polar surface area (TPSA) is 75.2 Å². The molecule has 3 rings (SSSR count). The summed E-state index contributed by atoms with van der Waals surface area (Å²) in [6, 6.07) is 8.97. The Morgan fingerprint density at radius 2 is 1.97 bits per heavy atom. The van der Waals surface area contributed by atoms with Gasteiger partial charge in [0.1, 0.15) is 0 Å². The second-order valence-corrected chi connectivity index (χ2v) is 8.20. The molecule has 2 aliphatic heterocycles. The highest BCUT2D eigenvalue weighted by molar-refractivity contribution is 5.80. The number of rotatable bonds is 5. The molecule has 7 nitrogen and oxygen atoms in total. The van der Waals surface area contributed by atoms with Crippen molar-refractivity contribution in [1.29, 1.82) is 0 Å². The lowest BCUT2D eigenvalue weighted by molar-refractivity contribution is -0.0250. The van der Waals surface area contributed by atoms with Crippen molar-refractivity contribution in [1.82, 2.24) is 15.5 Å². The van der Waals surface area contributed by atoms with Gasteiger partial charge in [0.15, 0.2) is 5.96 Å². The number of hydrogen-bond donors (Lipinski definition) is 2. The highest BCUT2D eigenvalue weighted by Crippen LogP contribution is 2.34. The van der Waals surface area contributed by atoms with Crippen molar-refractivity contribution in [3.8, 4) is 0 Å². The van der Waals surface area contributed by atoms with Gasteiger partial charge in [-0.2, -0.15) is 0 Å². The first-order valence-electron chi connectivity index (χ1n) is 11.2. The molecule has 2 N–H and O–H groups in total. The first-order chi connectivity index (χ1) is 14.6. The third-order valence-electron chi connectivity index (χ3n) is 5.95. The van der Waals surface area contributed by atoms with Crippen LogP contribution in [0.5, 0.6) is 0 Å². The van der Waals surface area contributed by atoms with Gasteiger partial charge in [-0.3, -0.25) is 4.99 Å². The van der Waals surface area contributed by atoms with Gasteiger partial charge in [-0.1, -0.05) is 29.8 Å². The molecular weight excluding hydrogens is 380 g/mol. The Morgan fingerprint density at radius 1 is 1.23 bits per heavy atom. The molecule has 0 aliphatic carbocycles. The lowest BCUT2D eigenvalue weighted by atomic mass is 9.89. The van der Waals surface area contributed by atoms with Gasteiger partial charge in [-0.25, -0.2) is 4.79 Å². The quantitative estimate of drug-likeness (QED) is 0.569. The SMILES string of the molecule is CCNC(=NCC1CCCOC1c1ccc(C)cc1)NC1CCN(C(=O)OC)CC1. The number of piperidine rings is 1. The number of benzene rings is 1. The summed E-state index contributed by atoms with van der Waals surface area (Å²) in [6.45, 7) is 7.96. The average molecular weight is 417 g/mol. The minimum atomic E-state index is -0.242. The van der Waals surface area contributed by atoms with Gasteiger partial charge in [0.05, 0.1) is 13.2 Å². The third kappa shape index (κ3) is 6.11. The van der Waals surface area contributed by atoms with Crippen LogP contribution in [0.2, 0.25) is 0 Å². The van der Waals surface area contributed by atoms with Crippen molar-refractivity contribution in [3.05, 3.63) is 35.4 Å². The van der Waals surface area contributed by atoms with Crippen molar-refractivity contribution in [2.45, 2.75) is 51.7 Å². The number of likely N-dealkylation sites (tertiary alicyclic amines) is 1. The van der Waals surface area contributed by atoms with E-state index < -0.39 is 0 Å². The Kier molecular flexibility index (Phi) is 8.37.